The van der Waals surface area contributed by atoms with Crippen LogP contribution in [0.5, 0.6) is 0 Å². The fourth-order valence-electron chi connectivity index (χ4n) is 6.70. The highest BCUT2D eigenvalue weighted by molar-refractivity contribution is 5.90. The van der Waals surface area contributed by atoms with Gasteiger partial charge in [0.25, 0.3) is 0 Å². The topological polar surface area (TPSA) is 125 Å². The first-order chi connectivity index (χ1) is 15.4. The van der Waals surface area contributed by atoms with Gasteiger partial charge in [-0.3, -0.25) is 4.79 Å². The first-order valence-electron chi connectivity index (χ1n) is 11.7. The lowest BCUT2D eigenvalue weighted by Gasteiger charge is -2.61. The summed E-state index contributed by atoms with van der Waals surface area (Å²) in [4.78, 5) is 38.4. The number of carboxylic acid groups (broad SMARTS) is 1. The Bertz CT molecular complexity index is 911. The van der Waals surface area contributed by atoms with Gasteiger partial charge in [-0.05, 0) is 76.7 Å². The second-order valence-corrected chi connectivity index (χ2v) is 11.3. The molecule has 0 spiro atoms. The zero-order valence-corrected chi connectivity index (χ0v) is 19.5. The molecule has 4 bridgehead atoms. The Kier molecular flexibility index (Phi) is 5.93. The summed E-state index contributed by atoms with van der Waals surface area (Å²) in [5.41, 5.74) is -1.79. The molecule has 5 rings (SSSR count). The fourth-order valence-corrected chi connectivity index (χ4v) is 6.70. The molecule has 4 aliphatic carbocycles. The van der Waals surface area contributed by atoms with Gasteiger partial charge in [-0.15, -0.1) is 0 Å². The minimum Gasteiger partial charge on any atom is -0.479 e. The summed E-state index contributed by atoms with van der Waals surface area (Å²) in [6, 6.07) is 6.22. The van der Waals surface area contributed by atoms with Crippen LogP contribution >= 0.6 is 0 Å². The molecule has 2 amide bonds. The van der Waals surface area contributed by atoms with Crippen molar-refractivity contribution in [2.24, 2.45) is 17.3 Å². The van der Waals surface area contributed by atoms with Gasteiger partial charge in [0.15, 0.2) is 6.04 Å². The van der Waals surface area contributed by atoms with E-state index in [4.69, 9.17) is 4.74 Å². The fraction of sp³-hybridized carbons (Fsp3) is 0.640. The molecule has 4 saturated carbocycles. The Labute approximate surface area is 194 Å². The lowest BCUT2D eigenvalue weighted by molar-refractivity contribution is -0.177. The van der Waals surface area contributed by atoms with E-state index in [1.54, 1.807) is 51.1 Å². The van der Waals surface area contributed by atoms with Gasteiger partial charge in [-0.1, -0.05) is 30.3 Å². The van der Waals surface area contributed by atoms with Crippen molar-refractivity contribution in [1.82, 2.24) is 10.6 Å². The SMILES string of the molecule is CC(C)(C)OC(=O)N[C@@H](C(=O)N[C@H](C(=O)O)c1ccccc1)C12CC3CC(CC(O)(C3)C1)C2. The number of carbonyl (C=O) groups excluding carboxylic acids is 2. The number of hydrogen-bond donors (Lipinski definition) is 4. The van der Waals surface area contributed by atoms with Crippen LogP contribution in [0.2, 0.25) is 0 Å². The second-order valence-electron chi connectivity index (χ2n) is 11.3. The summed E-state index contributed by atoms with van der Waals surface area (Å²) in [7, 11) is 0. The monoisotopic (exact) mass is 458 g/mol. The molecule has 0 radical (unpaired) electrons. The first-order valence-corrected chi connectivity index (χ1v) is 11.7. The minimum absolute atomic E-state index is 0.288. The van der Waals surface area contributed by atoms with Gasteiger partial charge in [-0.2, -0.15) is 0 Å². The van der Waals surface area contributed by atoms with Crippen LogP contribution < -0.4 is 10.6 Å². The van der Waals surface area contributed by atoms with Gasteiger partial charge < -0.3 is 25.6 Å². The highest BCUT2D eigenvalue weighted by Gasteiger charge is 2.61. The van der Waals surface area contributed by atoms with Crippen LogP contribution in [0.15, 0.2) is 30.3 Å². The average Bonchev–Trinajstić information content (AvgIpc) is 2.67. The van der Waals surface area contributed by atoms with Gasteiger partial charge in [-0.25, -0.2) is 9.59 Å². The van der Waals surface area contributed by atoms with Gasteiger partial charge >= 0.3 is 12.1 Å². The highest BCUT2D eigenvalue weighted by atomic mass is 16.6. The smallest absolute Gasteiger partial charge is 0.408 e. The zero-order valence-electron chi connectivity index (χ0n) is 19.5. The molecule has 0 saturated heterocycles. The number of hydrogen-bond acceptors (Lipinski definition) is 5. The van der Waals surface area contributed by atoms with Crippen molar-refractivity contribution >= 4 is 18.0 Å². The van der Waals surface area contributed by atoms with Gasteiger partial charge in [0.2, 0.25) is 5.91 Å². The Morgan fingerprint density at radius 3 is 2.15 bits per heavy atom. The minimum atomic E-state index is -1.25. The van der Waals surface area contributed by atoms with E-state index < -0.39 is 46.7 Å². The maximum Gasteiger partial charge on any atom is 0.408 e. The van der Waals surface area contributed by atoms with Crippen molar-refractivity contribution in [3.63, 3.8) is 0 Å². The molecular formula is C25H34N2O6. The molecule has 180 valence electrons. The standard InChI is InChI=1S/C25H34N2O6/c1-23(2,3)33-22(31)27-19(20(28)26-18(21(29)30)17-7-5-4-6-8-17)24-10-15-9-16(11-24)13-25(32,12-15)14-24/h4-8,15-16,18-19,32H,9-14H2,1-3H3,(H,26,28)(H,27,31)(H,29,30)/t15?,16?,18-,19-,24?,25?/m0/s1. The molecule has 33 heavy (non-hydrogen) atoms. The molecule has 1 aromatic carbocycles. The normalized spacial score (nSPS) is 32.0. The van der Waals surface area contributed by atoms with Crippen molar-refractivity contribution in [3.05, 3.63) is 35.9 Å². The number of benzene rings is 1. The lowest BCUT2D eigenvalue weighted by Crippen LogP contribution is -2.66. The Balaban J connectivity index is 1.63. The number of aliphatic hydroxyl groups is 1. The van der Waals surface area contributed by atoms with Crippen molar-refractivity contribution in [3.8, 4) is 0 Å². The molecule has 2 unspecified atom stereocenters. The quantitative estimate of drug-likeness (QED) is 0.519. The Morgan fingerprint density at radius 1 is 1.03 bits per heavy atom. The van der Waals surface area contributed by atoms with Gasteiger partial charge in [0.1, 0.15) is 11.6 Å². The number of ether oxygens (including phenoxy) is 1. The highest BCUT2D eigenvalue weighted by Crippen LogP contribution is 2.62. The Morgan fingerprint density at radius 2 is 1.64 bits per heavy atom. The molecular weight excluding hydrogens is 424 g/mol. The van der Waals surface area contributed by atoms with Gasteiger partial charge in [0.05, 0.1) is 5.60 Å². The molecule has 4 atom stereocenters. The molecule has 1 aromatic rings. The van der Waals surface area contributed by atoms with Crippen molar-refractivity contribution in [2.75, 3.05) is 0 Å². The maximum atomic E-state index is 13.6. The molecule has 0 aliphatic heterocycles. The van der Waals surface area contributed by atoms with E-state index in [2.05, 4.69) is 10.6 Å². The largest absolute Gasteiger partial charge is 0.479 e. The molecule has 0 aromatic heterocycles. The van der Waals surface area contributed by atoms with Crippen LogP contribution in [0.4, 0.5) is 4.79 Å². The van der Waals surface area contributed by atoms with E-state index in [0.717, 1.165) is 6.42 Å². The van der Waals surface area contributed by atoms with E-state index in [1.807, 2.05) is 0 Å². The first kappa shape index (κ1) is 23.5. The molecule has 4 fully saturated rings. The predicted molar refractivity (Wildman–Crippen MR) is 120 cm³/mol. The van der Waals surface area contributed by atoms with Crippen LogP contribution in [0.25, 0.3) is 0 Å². The number of carboxylic acids is 1. The summed E-state index contributed by atoms with van der Waals surface area (Å²) in [5.74, 6) is -1.18. The maximum absolute atomic E-state index is 13.6. The number of nitrogens with one attached hydrogen (secondary N) is 2. The van der Waals surface area contributed by atoms with Crippen LogP contribution in [0, 0.1) is 17.3 Å². The summed E-state index contributed by atoms with van der Waals surface area (Å²) in [5, 5.41) is 26.4. The van der Waals surface area contributed by atoms with E-state index in [0.29, 0.717) is 37.7 Å². The van der Waals surface area contributed by atoms with E-state index in [1.165, 1.54) is 0 Å². The van der Waals surface area contributed by atoms with E-state index >= 15 is 0 Å². The molecule has 4 N–H and O–H groups in total. The third kappa shape index (κ3) is 5.00. The predicted octanol–water partition coefficient (Wildman–Crippen LogP) is 3.15. The molecule has 8 heteroatoms. The summed E-state index contributed by atoms with van der Waals surface area (Å²) < 4.78 is 5.43. The molecule has 0 heterocycles. The van der Waals surface area contributed by atoms with Crippen LogP contribution in [0.3, 0.4) is 0 Å². The third-order valence-corrected chi connectivity index (χ3v) is 7.28. The van der Waals surface area contributed by atoms with Crippen LogP contribution in [-0.2, 0) is 14.3 Å². The van der Waals surface area contributed by atoms with E-state index in [-0.39, 0.29) is 11.8 Å². The zero-order chi connectivity index (χ0) is 24.0. The number of amides is 2. The Hall–Kier alpha value is -2.61. The van der Waals surface area contributed by atoms with Crippen LogP contribution in [-0.4, -0.2) is 45.4 Å². The van der Waals surface area contributed by atoms with Crippen molar-refractivity contribution in [1.29, 1.82) is 0 Å². The molecule has 4 aliphatic rings. The van der Waals surface area contributed by atoms with Crippen molar-refractivity contribution < 1.29 is 29.3 Å². The van der Waals surface area contributed by atoms with E-state index in [9.17, 15) is 24.6 Å². The second kappa shape index (κ2) is 8.31. The average molecular weight is 459 g/mol. The van der Waals surface area contributed by atoms with Crippen LogP contribution in [0.1, 0.15) is 70.9 Å². The summed E-state index contributed by atoms with van der Waals surface area (Å²) >= 11 is 0. The number of aliphatic carboxylic acids is 1. The number of carbonyl (C=O) groups is 3. The summed E-state index contributed by atoms with van der Waals surface area (Å²) in [6.45, 7) is 5.22. The molecule has 8 nitrogen and oxygen atoms in total. The number of alkyl carbamates (subject to hydrolysis) is 1. The number of rotatable bonds is 6. The van der Waals surface area contributed by atoms with Gasteiger partial charge in [0, 0.05) is 5.41 Å². The lowest BCUT2D eigenvalue weighted by atomic mass is 9.46. The van der Waals surface area contributed by atoms with Crippen molar-refractivity contribution in [2.45, 2.75) is 82.6 Å². The third-order valence-electron chi connectivity index (χ3n) is 7.28. The summed E-state index contributed by atoms with van der Waals surface area (Å²) in [6.07, 6.45) is 3.56.